The number of anilines is 1. The van der Waals surface area contributed by atoms with Gasteiger partial charge in [-0.25, -0.2) is 4.79 Å². The normalized spacial score (nSPS) is 12.2. The smallest absolute Gasteiger partial charge is 0.412 e. The minimum absolute atomic E-state index is 0.353. The van der Waals surface area contributed by atoms with Crippen LogP contribution >= 0.6 is 0 Å². The highest BCUT2D eigenvalue weighted by Gasteiger charge is 2.16. The van der Waals surface area contributed by atoms with E-state index in [0.29, 0.717) is 12.5 Å². The first-order chi connectivity index (χ1) is 11.5. The van der Waals surface area contributed by atoms with Crippen molar-refractivity contribution in [3.63, 3.8) is 0 Å². The minimum atomic E-state index is -0.933. The van der Waals surface area contributed by atoms with Crippen molar-refractivity contribution in [1.82, 2.24) is 4.90 Å². The molecule has 24 heavy (non-hydrogen) atoms. The highest BCUT2D eigenvalue weighted by atomic mass is 16.4. The largest absolute Gasteiger partial charge is 0.465 e. The van der Waals surface area contributed by atoms with E-state index in [0.717, 1.165) is 24.2 Å². The molecule has 4 heteroatoms. The van der Waals surface area contributed by atoms with Gasteiger partial charge in [0.15, 0.2) is 0 Å². The summed E-state index contributed by atoms with van der Waals surface area (Å²) >= 11 is 0. The molecule has 0 aliphatic carbocycles. The number of hydrogen-bond donors (Lipinski definition) is 1. The first-order valence-electron chi connectivity index (χ1n) is 8.26. The molecule has 0 radical (unpaired) electrons. The summed E-state index contributed by atoms with van der Waals surface area (Å²) in [6, 6.07) is 17.5. The Bertz CT molecular complexity index is 656. The molecule has 0 heterocycles. The van der Waals surface area contributed by atoms with E-state index in [-0.39, 0.29) is 0 Å². The van der Waals surface area contributed by atoms with Crippen LogP contribution in [0.5, 0.6) is 0 Å². The summed E-state index contributed by atoms with van der Waals surface area (Å²) in [5, 5.41) is 9.61. The SMILES string of the molecule is CC(CCN(C)C)c1cccc(N(Cc2ccccc2)C(=O)O)c1. The van der Waals surface area contributed by atoms with Crippen LogP contribution in [0.3, 0.4) is 0 Å². The molecule has 0 aliphatic rings. The van der Waals surface area contributed by atoms with Gasteiger partial charge < -0.3 is 10.0 Å². The molecule has 4 nitrogen and oxygen atoms in total. The van der Waals surface area contributed by atoms with E-state index in [9.17, 15) is 9.90 Å². The van der Waals surface area contributed by atoms with Crippen molar-refractivity contribution in [3.8, 4) is 0 Å². The third kappa shape index (κ3) is 5.10. The van der Waals surface area contributed by atoms with Crippen LogP contribution in [0.25, 0.3) is 0 Å². The second-order valence-corrected chi connectivity index (χ2v) is 6.44. The molecule has 128 valence electrons. The van der Waals surface area contributed by atoms with E-state index < -0.39 is 6.09 Å². The number of nitrogens with zero attached hydrogens (tertiary/aromatic N) is 2. The molecule has 0 aromatic heterocycles. The molecule has 0 aliphatic heterocycles. The van der Waals surface area contributed by atoms with Gasteiger partial charge in [0.2, 0.25) is 0 Å². The lowest BCUT2D eigenvalue weighted by molar-refractivity contribution is 0.201. The lowest BCUT2D eigenvalue weighted by Crippen LogP contribution is -2.28. The van der Waals surface area contributed by atoms with Gasteiger partial charge in [0.05, 0.1) is 6.54 Å². The molecule has 0 saturated carbocycles. The number of benzene rings is 2. The topological polar surface area (TPSA) is 43.8 Å². The third-order valence-corrected chi connectivity index (χ3v) is 4.17. The Morgan fingerprint density at radius 1 is 1.08 bits per heavy atom. The van der Waals surface area contributed by atoms with Crippen LogP contribution in [0, 0.1) is 0 Å². The van der Waals surface area contributed by atoms with Gasteiger partial charge in [-0.1, -0.05) is 49.4 Å². The minimum Gasteiger partial charge on any atom is -0.465 e. The summed E-state index contributed by atoms with van der Waals surface area (Å²) < 4.78 is 0. The lowest BCUT2D eigenvalue weighted by Gasteiger charge is -2.22. The molecule has 0 spiro atoms. The predicted octanol–water partition coefficient (Wildman–Crippen LogP) is 4.43. The Morgan fingerprint density at radius 3 is 2.42 bits per heavy atom. The fourth-order valence-corrected chi connectivity index (χ4v) is 2.65. The summed E-state index contributed by atoms with van der Waals surface area (Å²) in [5.41, 5.74) is 2.88. The Hall–Kier alpha value is -2.33. The Balaban J connectivity index is 2.18. The zero-order valence-corrected chi connectivity index (χ0v) is 14.6. The highest BCUT2D eigenvalue weighted by molar-refractivity contribution is 5.86. The summed E-state index contributed by atoms with van der Waals surface area (Å²) in [6.45, 7) is 3.55. The van der Waals surface area contributed by atoms with E-state index in [1.54, 1.807) is 0 Å². The number of carboxylic acid groups (broad SMARTS) is 1. The average Bonchev–Trinajstić information content (AvgIpc) is 2.58. The number of carbonyl (C=O) groups is 1. The van der Waals surface area contributed by atoms with E-state index in [2.05, 4.69) is 32.0 Å². The fraction of sp³-hybridized carbons (Fsp3) is 0.350. The Kier molecular flexibility index (Phi) is 6.38. The predicted molar refractivity (Wildman–Crippen MR) is 98.7 cm³/mol. The van der Waals surface area contributed by atoms with Crippen molar-refractivity contribution in [3.05, 3.63) is 65.7 Å². The van der Waals surface area contributed by atoms with Gasteiger partial charge in [-0.15, -0.1) is 0 Å². The third-order valence-electron chi connectivity index (χ3n) is 4.17. The van der Waals surface area contributed by atoms with Crippen molar-refractivity contribution >= 4 is 11.8 Å². The van der Waals surface area contributed by atoms with Gasteiger partial charge in [0.1, 0.15) is 0 Å². The molecule has 2 aromatic rings. The molecular weight excluding hydrogens is 300 g/mol. The fourth-order valence-electron chi connectivity index (χ4n) is 2.65. The van der Waals surface area contributed by atoms with E-state index in [4.69, 9.17) is 0 Å². The van der Waals surface area contributed by atoms with Crippen LogP contribution in [0.2, 0.25) is 0 Å². The molecule has 0 saturated heterocycles. The molecule has 1 N–H and O–H groups in total. The zero-order valence-electron chi connectivity index (χ0n) is 14.6. The summed E-state index contributed by atoms with van der Waals surface area (Å²) in [7, 11) is 4.13. The van der Waals surface area contributed by atoms with Crippen LogP contribution in [0.15, 0.2) is 54.6 Å². The molecule has 1 unspecified atom stereocenters. The number of rotatable bonds is 7. The molecule has 1 atom stereocenters. The van der Waals surface area contributed by atoms with Gasteiger partial charge in [-0.2, -0.15) is 0 Å². The van der Waals surface area contributed by atoms with Crippen molar-refractivity contribution in [2.75, 3.05) is 25.5 Å². The molecule has 2 rings (SSSR count). The number of amides is 1. The van der Waals surface area contributed by atoms with Crippen LogP contribution in [-0.2, 0) is 6.54 Å². The summed E-state index contributed by atoms with van der Waals surface area (Å²) in [4.78, 5) is 15.3. The second kappa shape index (κ2) is 8.50. The van der Waals surface area contributed by atoms with Gasteiger partial charge >= 0.3 is 6.09 Å². The second-order valence-electron chi connectivity index (χ2n) is 6.44. The van der Waals surface area contributed by atoms with Gasteiger partial charge in [-0.3, -0.25) is 4.90 Å². The Labute approximate surface area is 144 Å². The molecule has 1 amide bonds. The lowest BCUT2D eigenvalue weighted by atomic mass is 9.97. The zero-order chi connectivity index (χ0) is 17.5. The van der Waals surface area contributed by atoms with Gasteiger partial charge in [0.25, 0.3) is 0 Å². The van der Waals surface area contributed by atoms with Crippen LogP contribution in [-0.4, -0.2) is 36.7 Å². The highest BCUT2D eigenvalue weighted by Crippen LogP contribution is 2.25. The van der Waals surface area contributed by atoms with E-state index in [1.165, 1.54) is 10.5 Å². The molecule has 0 fully saturated rings. The van der Waals surface area contributed by atoms with Crippen LogP contribution in [0.1, 0.15) is 30.4 Å². The van der Waals surface area contributed by atoms with E-state index in [1.807, 2.05) is 48.5 Å². The number of hydrogen-bond acceptors (Lipinski definition) is 2. The van der Waals surface area contributed by atoms with E-state index >= 15 is 0 Å². The summed E-state index contributed by atoms with van der Waals surface area (Å²) in [5.74, 6) is 0.389. The first-order valence-corrected chi connectivity index (χ1v) is 8.26. The molecule has 0 bridgehead atoms. The maximum atomic E-state index is 11.7. The van der Waals surface area contributed by atoms with Crippen LogP contribution < -0.4 is 4.90 Å². The maximum absolute atomic E-state index is 11.7. The van der Waals surface area contributed by atoms with Crippen molar-refractivity contribution < 1.29 is 9.90 Å². The van der Waals surface area contributed by atoms with Crippen LogP contribution in [0.4, 0.5) is 10.5 Å². The standard InChI is InChI=1S/C20H26N2O2/c1-16(12-13-21(2)3)18-10-7-11-19(14-18)22(20(23)24)15-17-8-5-4-6-9-17/h4-11,14,16H,12-13,15H2,1-3H3,(H,23,24). The molecular formula is C20H26N2O2. The van der Waals surface area contributed by atoms with Crippen molar-refractivity contribution in [2.24, 2.45) is 0 Å². The van der Waals surface area contributed by atoms with Crippen molar-refractivity contribution in [2.45, 2.75) is 25.8 Å². The average molecular weight is 326 g/mol. The van der Waals surface area contributed by atoms with Gasteiger partial charge in [0, 0.05) is 5.69 Å². The first kappa shape index (κ1) is 18.0. The quantitative estimate of drug-likeness (QED) is 0.819. The van der Waals surface area contributed by atoms with Gasteiger partial charge in [-0.05, 0) is 56.2 Å². The van der Waals surface area contributed by atoms with Crippen molar-refractivity contribution in [1.29, 1.82) is 0 Å². The summed E-state index contributed by atoms with van der Waals surface area (Å²) in [6.07, 6.45) is 0.110. The monoisotopic (exact) mass is 326 g/mol. The molecule has 2 aromatic carbocycles. The Morgan fingerprint density at radius 2 is 1.79 bits per heavy atom. The maximum Gasteiger partial charge on any atom is 0.412 e.